The second-order valence-electron chi connectivity index (χ2n) is 4.49. The first kappa shape index (κ1) is 10.6. The lowest BCUT2D eigenvalue weighted by Gasteiger charge is -2.30. The lowest BCUT2D eigenvalue weighted by molar-refractivity contribution is 0.251. The highest BCUT2D eigenvalue weighted by Gasteiger charge is 2.28. The number of nitrogens with one attached hydrogen (secondary N) is 1. The standard InChI is InChI=1S/C10H18N4O/c1-7(8-4-11-5-8)10-12-9(13-15-10)6-14(2)3/h7-8,11H,4-6H2,1-3H3. The SMILES string of the molecule is CC(c1nc(CN(C)C)no1)C1CNC1. The molecule has 0 spiro atoms. The van der Waals surface area contributed by atoms with E-state index in [1.54, 1.807) is 0 Å². The summed E-state index contributed by atoms with van der Waals surface area (Å²) in [7, 11) is 3.99. The topological polar surface area (TPSA) is 54.2 Å². The third-order valence-electron chi connectivity index (χ3n) is 2.85. The summed E-state index contributed by atoms with van der Waals surface area (Å²) in [6, 6.07) is 0. The lowest BCUT2D eigenvalue weighted by atomic mass is 9.89. The van der Waals surface area contributed by atoms with E-state index in [2.05, 4.69) is 22.4 Å². The van der Waals surface area contributed by atoms with Crippen molar-refractivity contribution >= 4 is 0 Å². The van der Waals surface area contributed by atoms with Crippen molar-refractivity contribution in [3.63, 3.8) is 0 Å². The van der Waals surface area contributed by atoms with Gasteiger partial charge in [0, 0.05) is 5.92 Å². The Morgan fingerprint density at radius 3 is 2.80 bits per heavy atom. The third-order valence-corrected chi connectivity index (χ3v) is 2.85. The van der Waals surface area contributed by atoms with Crippen molar-refractivity contribution in [2.24, 2.45) is 5.92 Å². The summed E-state index contributed by atoms with van der Waals surface area (Å²) in [5.74, 6) is 2.57. The van der Waals surface area contributed by atoms with Crippen LogP contribution in [0.25, 0.3) is 0 Å². The highest BCUT2D eigenvalue weighted by atomic mass is 16.5. The Morgan fingerprint density at radius 2 is 2.27 bits per heavy atom. The molecular weight excluding hydrogens is 192 g/mol. The van der Waals surface area contributed by atoms with E-state index in [4.69, 9.17) is 4.52 Å². The minimum atomic E-state index is 0.370. The van der Waals surface area contributed by atoms with Gasteiger partial charge >= 0.3 is 0 Å². The molecule has 15 heavy (non-hydrogen) atoms. The molecule has 1 unspecified atom stereocenters. The molecule has 1 N–H and O–H groups in total. The van der Waals surface area contributed by atoms with Crippen LogP contribution in [0.1, 0.15) is 24.6 Å². The summed E-state index contributed by atoms with van der Waals surface area (Å²) in [4.78, 5) is 6.44. The zero-order valence-electron chi connectivity index (χ0n) is 9.53. The fraction of sp³-hybridized carbons (Fsp3) is 0.800. The van der Waals surface area contributed by atoms with Crippen LogP contribution in [-0.4, -0.2) is 42.2 Å². The first-order valence-electron chi connectivity index (χ1n) is 5.34. The molecule has 0 bridgehead atoms. The maximum Gasteiger partial charge on any atom is 0.229 e. The number of aromatic nitrogens is 2. The Morgan fingerprint density at radius 1 is 1.53 bits per heavy atom. The van der Waals surface area contributed by atoms with Gasteiger partial charge in [0.2, 0.25) is 5.89 Å². The molecule has 1 aliphatic heterocycles. The summed E-state index contributed by atoms with van der Waals surface area (Å²) in [5.41, 5.74) is 0. The Bertz CT molecular complexity index is 319. The molecule has 0 radical (unpaired) electrons. The van der Waals surface area contributed by atoms with Crippen LogP contribution in [0.15, 0.2) is 4.52 Å². The number of hydrogen-bond donors (Lipinski definition) is 1. The largest absolute Gasteiger partial charge is 0.339 e. The lowest BCUT2D eigenvalue weighted by Crippen LogP contribution is -2.44. The van der Waals surface area contributed by atoms with Crippen LogP contribution in [-0.2, 0) is 6.54 Å². The van der Waals surface area contributed by atoms with E-state index in [-0.39, 0.29) is 0 Å². The molecule has 0 saturated carbocycles. The molecular formula is C10H18N4O. The van der Waals surface area contributed by atoms with E-state index in [0.717, 1.165) is 31.3 Å². The van der Waals surface area contributed by atoms with Gasteiger partial charge in [-0.2, -0.15) is 4.98 Å². The average molecular weight is 210 g/mol. The van der Waals surface area contributed by atoms with E-state index < -0.39 is 0 Å². The molecule has 1 aliphatic rings. The quantitative estimate of drug-likeness (QED) is 0.782. The highest BCUT2D eigenvalue weighted by Crippen LogP contribution is 2.25. The molecule has 0 amide bonds. The molecule has 1 saturated heterocycles. The monoisotopic (exact) mass is 210 g/mol. The molecule has 1 aromatic heterocycles. The van der Waals surface area contributed by atoms with Gasteiger partial charge in [-0.25, -0.2) is 0 Å². The number of hydrogen-bond acceptors (Lipinski definition) is 5. The molecule has 1 fully saturated rings. The summed E-state index contributed by atoms with van der Waals surface area (Å²) >= 11 is 0. The van der Waals surface area contributed by atoms with Gasteiger partial charge in [-0.15, -0.1) is 0 Å². The highest BCUT2D eigenvalue weighted by molar-refractivity contribution is 4.98. The van der Waals surface area contributed by atoms with Crippen LogP contribution in [0, 0.1) is 5.92 Å². The Balaban J connectivity index is 1.99. The predicted octanol–water partition coefficient (Wildman–Crippen LogP) is 0.454. The van der Waals surface area contributed by atoms with Gasteiger partial charge in [0.05, 0.1) is 6.54 Å². The van der Waals surface area contributed by atoms with Gasteiger partial charge in [-0.1, -0.05) is 12.1 Å². The van der Waals surface area contributed by atoms with Crippen molar-refractivity contribution in [3.05, 3.63) is 11.7 Å². The normalized spacial score (nSPS) is 19.2. The van der Waals surface area contributed by atoms with E-state index in [1.807, 2.05) is 19.0 Å². The summed E-state index contributed by atoms with van der Waals surface area (Å²) in [5, 5.41) is 7.22. The zero-order chi connectivity index (χ0) is 10.8. The smallest absolute Gasteiger partial charge is 0.229 e. The fourth-order valence-electron chi connectivity index (χ4n) is 1.67. The van der Waals surface area contributed by atoms with Crippen molar-refractivity contribution < 1.29 is 4.52 Å². The molecule has 2 rings (SSSR count). The Labute approximate surface area is 89.8 Å². The predicted molar refractivity (Wildman–Crippen MR) is 56.5 cm³/mol. The second kappa shape index (κ2) is 4.28. The molecule has 5 nitrogen and oxygen atoms in total. The van der Waals surface area contributed by atoms with Gasteiger partial charge in [0.25, 0.3) is 0 Å². The van der Waals surface area contributed by atoms with Crippen LogP contribution in [0.2, 0.25) is 0 Å². The van der Waals surface area contributed by atoms with Crippen LogP contribution in [0.4, 0.5) is 0 Å². The van der Waals surface area contributed by atoms with Gasteiger partial charge in [0.15, 0.2) is 5.82 Å². The van der Waals surface area contributed by atoms with Crippen LogP contribution in [0.3, 0.4) is 0 Å². The van der Waals surface area contributed by atoms with E-state index in [0.29, 0.717) is 11.8 Å². The maximum atomic E-state index is 5.27. The van der Waals surface area contributed by atoms with Crippen molar-refractivity contribution in [1.29, 1.82) is 0 Å². The second-order valence-corrected chi connectivity index (χ2v) is 4.49. The molecule has 84 valence electrons. The Hall–Kier alpha value is -0.940. The minimum Gasteiger partial charge on any atom is -0.339 e. The number of rotatable bonds is 4. The maximum absolute atomic E-state index is 5.27. The van der Waals surface area contributed by atoms with Gasteiger partial charge in [-0.05, 0) is 33.1 Å². The Kier molecular flexibility index (Phi) is 3.02. The van der Waals surface area contributed by atoms with Crippen LogP contribution >= 0.6 is 0 Å². The van der Waals surface area contributed by atoms with E-state index >= 15 is 0 Å². The van der Waals surface area contributed by atoms with Crippen molar-refractivity contribution in [2.75, 3.05) is 27.2 Å². The van der Waals surface area contributed by atoms with Crippen molar-refractivity contribution in [1.82, 2.24) is 20.4 Å². The van der Waals surface area contributed by atoms with Crippen LogP contribution in [0.5, 0.6) is 0 Å². The number of nitrogens with zero attached hydrogens (tertiary/aromatic N) is 3. The first-order valence-corrected chi connectivity index (χ1v) is 5.34. The third kappa shape index (κ3) is 2.35. The molecule has 1 atom stereocenters. The van der Waals surface area contributed by atoms with Crippen molar-refractivity contribution in [3.8, 4) is 0 Å². The van der Waals surface area contributed by atoms with Gasteiger partial charge in [-0.3, -0.25) is 0 Å². The first-order chi connectivity index (χ1) is 7.16. The molecule has 1 aromatic rings. The molecule has 2 heterocycles. The van der Waals surface area contributed by atoms with Gasteiger partial charge in [0.1, 0.15) is 0 Å². The fourth-order valence-corrected chi connectivity index (χ4v) is 1.67. The zero-order valence-corrected chi connectivity index (χ0v) is 9.53. The summed E-state index contributed by atoms with van der Waals surface area (Å²) in [6.45, 7) is 5.01. The summed E-state index contributed by atoms with van der Waals surface area (Å²) in [6.07, 6.45) is 0. The molecule has 0 aliphatic carbocycles. The average Bonchev–Trinajstić information content (AvgIpc) is 2.48. The minimum absolute atomic E-state index is 0.370. The van der Waals surface area contributed by atoms with E-state index in [9.17, 15) is 0 Å². The van der Waals surface area contributed by atoms with Gasteiger partial charge < -0.3 is 14.7 Å². The van der Waals surface area contributed by atoms with Crippen molar-refractivity contribution in [2.45, 2.75) is 19.4 Å². The van der Waals surface area contributed by atoms with Crippen LogP contribution < -0.4 is 5.32 Å². The summed E-state index contributed by atoms with van der Waals surface area (Å²) < 4.78 is 5.27. The van der Waals surface area contributed by atoms with E-state index in [1.165, 1.54) is 0 Å². The molecule has 5 heteroatoms. The molecule has 0 aromatic carbocycles.